The number of ether oxygens (including phenoxy) is 1. The quantitative estimate of drug-likeness (QED) is 0.903. The summed E-state index contributed by atoms with van der Waals surface area (Å²) in [6, 6.07) is 0. The number of H-pyrrole nitrogens is 1. The highest BCUT2D eigenvalue weighted by Gasteiger charge is 2.26. The average molecular weight is 303 g/mol. The second-order valence-electron chi connectivity index (χ2n) is 5.55. The number of nitrogens with one attached hydrogen (secondary N) is 1. The Balaban J connectivity index is 1.49. The monoisotopic (exact) mass is 303 g/mol. The summed E-state index contributed by atoms with van der Waals surface area (Å²) in [7, 11) is 0. The first-order valence-electron chi connectivity index (χ1n) is 7.59. The summed E-state index contributed by atoms with van der Waals surface area (Å²) < 4.78 is 7.71. The van der Waals surface area contributed by atoms with Gasteiger partial charge in [-0.1, -0.05) is 0 Å². The number of rotatable bonds is 5. The molecule has 3 rings (SSSR count). The Morgan fingerprint density at radius 1 is 1.55 bits per heavy atom. The van der Waals surface area contributed by atoms with Crippen molar-refractivity contribution in [3.8, 4) is 0 Å². The molecule has 1 N–H and O–H groups in total. The van der Waals surface area contributed by atoms with Crippen molar-refractivity contribution >= 4 is 5.91 Å². The Labute approximate surface area is 129 Å². The zero-order valence-corrected chi connectivity index (χ0v) is 12.7. The Bertz CT molecular complexity index is 607. The van der Waals surface area contributed by atoms with Crippen LogP contribution in [-0.4, -0.2) is 50.0 Å². The van der Waals surface area contributed by atoms with Crippen LogP contribution in [0.1, 0.15) is 30.5 Å². The summed E-state index contributed by atoms with van der Waals surface area (Å²) in [5.41, 5.74) is 1.00. The molecule has 2 aromatic heterocycles. The van der Waals surface area contributed by atoms with E-state index in [1.807, 2.05) is 22.6 Å². The van der Waals surface area contributed by atoms with E-state index in [9.17, 15) is 4.79 Å². The topological polar surface area (TPSA) is 76.0 Å². The highest BCUT2D eigenvalue weighted by molar-refractivity contribution is 5.76. The van der Waals surface area contributed by atoms with Crippen LogP contribution in [0.25, 0.3) is 0 Å². The number of amides is 1. The van der Waals surface area contributed by atoms with E-state index in [4.69, 9.17) is 4.74 Å². The van der Waals surface area contributed by atoms with Gasteiger partial charge in [-0.25, -0.2) is 9.97 Å². The Hall–Kier alpha value is -2.15. The number of aryl methyl sites for hydroxylation is 2. The van der Waals surface area contributed by atoms with Gasteiger partial charge in [0.1, 0.15) is 11.9 Å². The van der Waals surface area contributed by atoms with Crippen LogP contribution in [0.2, 0.25) is 0 Å². The van der Waals surface area contributed by atoms with Crippen LogP contribution in [0, 0.1) is 6.92 Å². The predicted molar refractivity (Wildman–Crippen MR) is 80.1 cm³/mol. The van der Waals surface area contributed by atoms with Crippen LogP contribution in [0.15, 0.2) is 24.9 Å². The van der Waals surface area contributed by atoms with Crippen molar-refractivity contribution in [2.45, 2.75) is 32.4 Å². The van der Waals surface area contributed by atoms with Crippen LogP contribution in [0.5, 0.6) is 0 Å². The zero-order valence-electron chi connectivity index (χ0n) is 12.7. The lowest BCUT2D eigenvalue weighted by Gasteiger charge is -2.32. The summed E-state index contributed by atoms with van der Waals surface area (Å²) in [6.07, 6.45) is 8.42. The maximum Gasteiger partial charge on any atom is 0.222 e. The highest BCUT2D eigenvalue weighted by atomic mass is 16.5. The van der Waals surface area contributed by atoms with Crippen LogP contribution >= 0.6 is 0 Å². The number of aromatic nitrogens is 4. The Morgan fingerprint density at radius 2 is 2.45 bits per heavy atom. The molecule has 1 fully saturated rings. The predicted octanol–water partition coefficient (Wildman–Crippen LogP) is 1.29. The van der Waals surface area contributed by atoms with Gasteiger partial charge in [-0.15, -0.1) is 0 Å². The first-order chi connectivity index (χ1) is 10.7. The molecule has 7 heteroatoms. The number of hydrogen-bond donors (Lipinski definition) is 1. The zero-order chi connectivity index (χ0) is 15.4. The van der Waals surface area contributed by atoms with Gasteiger partial charge in [0.05, 0.1) is 19.5 Å². The van der Waals surface area contributed by atoms with Gasteiger partial charge in [0.25, 0.3) is 0 Å². The molecule has 1 saturated heterocycles. The van der Waals surface area contributed by atoms with Crippen molar-refractivity contribution in [1.82, 2.24) is 24.4 Å². The molecule has 0 aromatic carbocycles. The Kier molecular flexibility index (Phi) is 4.53. The molecule has 1 aliphatic heterocycles. The number of nitrogens with zero attached hydrogens (tertiary/aromatic N) is 4. The Morgan fingerprint density at radius 3 is 3.18 bits per heavy atom. The molecular formula is C15H21N5O2. The van der Waals surface area contributed by atoms with Gasteiger partial charge in [0, 0.05) is 43.8 Å². The summed E-state index contributed by atoms with van der Waals surface area (Å²) in [4.78, 5) is 25.7. The van der Waals surface area contributed by atoms with Gasteiger partial charge in [0.15, 0.2) is 0 Å². The van der Waals surface area contributed by atoms with Gasteiger partial charge in [-0.2, -0.15) is 0 Å². The van der Waals surface area contributed by atoms with E-state index in [2.05, 4.69) is 15.0 Å². The van der Waals surface area contributed by atoms with Crippen LogP contribution in [0.4, 0.5) is 0 Å². The molecule has 118 valence electrons. The number of carbonyl (C=O) groups is 1. The maximum absolute atomic E-state index is 12.3. The molecule has 1 amide bonds. The van der Waals surface area contributed by atoms with Crippen molar-refractivity contribution in [1.29, 1.82) is 0 Å². The summed E-state index contributed by atoms with van der Waals surface area (Å²) in [5.74, 6) is 0.977. The lowest BCUT2D eigenvalue weighted by Crippen LogP contribution is -2.42. The number of carbonyl (C=O) groups excluding carboxylic acids is 1. The van der Waals surface area contributed by atoms with Crippen molar-refractivity contribution < 1.29 is 9.53 Å². The third-order valence-electron chi connectivity index (χ3n) is 3.81. The summed E-state index contributed by atoms with van der Waals surface area (Å²) in [6.45, 7) is 4.55. The first kappa shape index (κ1) is 14.8. The fourth-order valence-electron chi connectivity index (χ4n) is 2.63. The normalized spacial score (nSPS) is 18.6. The van der Waals surface area contributed by atoms with E-state index in [-0.39, 0.29) is 12.0 Å². The maximum atomic E-state index is 12.3. The fraction of sp³-hybridized carbons (Fsp3) is 0.533. The SMILES string of the molecule is Cc1cnc([C@@H]2CN(C(=O)CCCn3ccnc3)CCO2)[nH]1. The second-order valence-corrected chi connectivity index (χ2v) is 5.55. The van der Waals surface area contributed by atoms with Gasteiger partial charge < -0.3 is 19.2 Å². The second kappa shape index (κ2) is 6.74. The molecular weight excluding hydrogens is 282 g/mol. The molecule has 0 spiro atoms. The van der Waals surface area contributed by atoms with E-state index >= 15 is 0 Å². The van der Waals surface area contributed by atoms with E-state index in [1.54, 1.807) is 18.7 Å². The number of morpholine rings is 1. The molecule has 0 radical (unpaired) electrons. The summed E-state index contributed by atoms with van der Waals surface area (Å²) >= 11 is 0. The van der Waals surface area contributed by atoms with Crippen LogP contribution in [0.3, 0.4) is 0 Å². The molecule has 0 unspecified atom stereocenters. The van der Waals surface area contributed by atoms with E-state index in [0.717, 1.165) is 24.5 Å². The molecule has 7 nitrogen and oxygen atoms in total. The largest absolute Gasteiger partial charge is 0.367 e. The number of aromatic amines is 1. The minimum absolute atomic E-state index is 0.153. The first-order valence-corrected chi connectivity index (χ1v) is 7.59. The molecule has 3 heterocycles. The van der Waals surface area contributed by atoms with Gasteiger partial charge >= 0.3 is 0 Å². The fourth-order valence-corrected chi connectivity index (χ4v) is 2.63. The lowest BCUT2D eigenvalue weighted by atomic mass is 10.2. The van der Waals surface area contributed by atoms with Crippen LogP contribution in [-0.2, 0) is 16.1 Å². The van der Waals surface area contributed by atoms with Crippen LogP contribution < -0.4 is 0 Å². The van der Waals surface area contributed by atoms with Crippen molar-refractivity contribution in [2.75, 3.05) is 19.7 Å². The minimum Gasteiger partial charge on any atom is -0.367 e. The van der Waals surface area contributed by atoms with E-state index in [1.165, 1.54) is 0 Å². The van der Waals surface area contributed by atoms with Crippen molar-refractivity contribution in [3.05, 3.63) is 36.4 Å². The highest BCUT2D eigenvalue weighted by Crippen LogP contribution is 2.20. The smallest absolute Gasteiger partial charge is 0.222 e. The molecule has 0 aliphatic carbocycles. The molecule has 1 atom stereocenters. The molecule has 0 saturated carbocycles. The molecule has 0 bridgehead atoms. The average Bonchev–Trinajstić information content (AvgIpc) is 3.19. The van der Waals surface area contributed by atoms with Crippen molar-refractivity contribution in [3.63, 3.8) is 0 Å². The third-order valence-corrected chi connectivity index (χ3v) is 3.81. The lowest BCUT2D eigenvalue weighted by molar-refractivity contribution is -0.139. The molecule has 1 aliphatic rings. The molecule has 2 aromatic rings. The van der Waals surface area contributed by atoms with E-state index in [0.29, 0.717) is 26.1 Å². The minimum atomic E-state index is -0.153. The van der Waals surface area contributed by atoms with Crippen molar-refractivity contribution in [2.24, 2.45) is 0 Å². The summed E-state index contributed by atoms with van der Waals surface area (Å²) in [5, 5.41) is 0. The number of imidazole rings is 2. The number of hydrogen-bond acceptors (Lipinski definition) is 4. The standard InChI is InChI=1S/C15H21N5O2/c1-12-9-17-15(18-12)13-10-20(7-8-22-13)14(21)3-2-5-19-6-4-16-11-19/h4,6,9,11,13H,2-3,5,7-8,10H2,1H3,(H,17,18)/t13-/m0/s1. The van der Waals surface area contributed by atoms with Gasteiger partial charge in [0.2, 0.25) is 5.91 Å². The molecule has 22 heavy (non-hydrogen) atoms. The third kappa shape index (κ3) is 3.54. The van der Waals surface area contributed by atoms with Gasteiger partial charge in [-0.05, 0) is 13.3 Å². The van der Waals surface area contributed by atoms with Gasteiger partial charge in [-0.3, -0.25) is 4.79 Å². The van der Waals surface area contributed by atoms with E-state index < -0.39 is 0 Å².